The fourth-order valence-corrected chi connectivity index (χ4v) is 3.11. The molecule has 3 heteroatoms. The fourth-order valence-electron chi connectivity index (χ4n) is 3.11. The smallest absolute Gasteiger partial charge is 0.0376 e. The summed E-state index contributed by atoms with van der Waals surface area (Å²) >= 11 is 0. The van der Waals surface area contributed by atoms with E-state index >= 15 is 0 Å². The van der Waals surface area contributed by atoms with Crippen LogP contribution in [0.1, 0.15) is 17.9 Å². The van der Waals surface area contributed by atoms with Gasteiger partial charge < -0.3 is 15.1 Å². The normalized spacial score (nSPS) is 25.5. The van der Waals surface area contributed by atoms with E-state index in [1.165, 1.54) is 50.4 Å². The van der Waals surface area contributed by atoms with E-state index in [0.29, 0.717) is 5.92 Å². The molecular weight excluding hydrogens is 222 g/mol. The average molecular weight is 245 g/mol. The Kier molecular flexibility index (Phi) is 3.52. The molecule has 0 bridgehead atoms. The first kappa shape index (κ1) is 12.0. The number of fused-ring (bicyclic) bond motifs is 1. The van der Waals surface area contributed by atoms with Gasteiger partial charge >= 0.3 is 0 Å². The molecule has 2 aliphatic rings. The van der Waals surface area contributed by atoms with Crippen molar-refractivity contribution in [2.24, 2.45) is 0 Å². The molecule has 98 valence electrons. The Morgan fingerprint density at radius 1 is 1.17 bits per heavy atom. The zero-order valence-corrected chi connectivity index (χ0v) is 11.2. The molecule has 1 aromatic rings. The predicted molar refractivity (Wildman–Crippen MR) is 76.2 cm³/mol. The molecule has 1 atom stereocenters. The van der Waals surface area contributed by atoms with Gasteiger partial charge in [-0.15, -0.1) is 0 Å². The van der Waals surface area contributed by atoms with Gasteiger partial charge in [-0.2, -0.15) is 0 Å². The lowest BCUT2D eigenvalue weighted by atomic mass is 10.0. The van der Waals surface area contributed by atoms with Gasteiger partial charge in [-0.3, -0.25) is 0 Å². The third-order valence-electron chi connectivity index (χ3n) is 4.23. The molecule has 1 saturated heterocycles. The lowest BCUT2D eigenvalue weighted by Gasteiger charge is -2.23. The maximum atomic E-state index is 3.53. The van der Waals surface area contributed by atoms with E-state index < -0.39 is 0 Å². The van der Waals surface area contributed by atoms with Gasteiger partial charge in [-0.1, -0.05) is 18.2 Å². The molecule has 18 heavy (non-hydrogen) atoms. The monoisotopic (exact) mass is 245 g/mol. The first-order valence-corrected chi connectivity index (χ1v) is 7.06. The second kappa shape index (κ2) is 5.29. The number of para-hydroxylation sites is 1. The SMILES string of the molecule is CN1CCCN(CC2CNc3ccccc32)CC1. The third kappa shape index (κ3) is 2.52. The van der Waals surface area contributed by atoms with Crippen LogP contribution in [0, 0.1) is 0 Å². The van der Waals surface area contributed by atoms with Crippen molar-refractivity contribution < 1.29 is 0 Å². The highest BCUT2D eigenvalue weighted by atomic mass is 15.2. The highest BCUT2D eigenvalue weighted by Crippen LogP contribution is 2.31. The average Bonchev–Trinajstić information content (AvgIpc) is 2.67. The summed E-state index contributed by atoms with van der Waals surface area (Å²) in [5.41, 5.74) is 2.85. The Morgan fingerprint density at radius 2 is 2.06 bits per heavy atom. The molecular formula is C15H23N3. The number of likely N-dealkylation sites (N-methyl/N-ethyl adjacent to an activating group) is 1. The van der Waals surface area contributed by atoms with Crippen LogP contribution < -0.4 is 5.32 Å². The minimum atomic E-state index is 0.671. The number of nitrogens with one attached hydrogen (secondary N) is 1. The van der Waals surface area contributed by atoms with E-state index in [2.05, 4.69) is 46.4 Å². The van der Waals surface area contributed by atoms with Crippen LogP contribution in [-0.4, -0.2) is 56.1 Å². The van der Waals surface area contributed by atoms with Crippen LogP contribution in [0.3, 0.4) is 0 Å². The van der Waals surface area contributed by atoms with Gasteiger partial charge in [0.25, 0.3) is 0 Å². The number of rotatable bonds is 2. The Bertz CT molecular complexity index is 404. The summed E-state index contributed by atoms with van der Waals surface area (Å²) in [5.74, 6) is 0.671. The Morgan fingerprint density at radius 3 is 3.00 bits per heavy atom. The van der Waals surface area contributed by atoms with Crippen LogP contribution in [0.2, 0.25) is 0 Å². The lowest BCUT2D eigenvalue weighted by Crippen LogP contribution is -2.33. The number of anilines is 1. The quantitative estimate of drug-likeness (QED) is 0.857. The first-order chi connectivity index (χ1) is 8.83. The van der Waals surface area contributed by atoms with Crippen molar-refractivity contribution in [1.82, 2.24) is 9.80 Å². The van der Waals surface area contributed by atoms with Crippen molar-refractivity contribution in [3.8, 4) is 0 Å². The van der Waals surface area contributed by atoms with E-state index in [4.69, 9.17) is 0 Å². The molecule has 0 spiro atoms. The standard InChI is InChI=1S/C15H23N3/c1-17-7-4-8-18(10-9-17)12-13-11-16-15-6-3-2-5-14(13)15/h2-3,5-6,13,16H,4,7-12H2,1H3. The summed E-state index contributed by atoms with van der Waals surface area (Å²) in [6.07, 6.45) is 1.30. The van der Waals surface area contributed by atoms with Crippen LogP contribution >= 0.6 is 0 Å². The maximum Gasteiger partial charge on any atom is 0.0376 e. The molecule has 0 aliphatic carbocycles. The Labute approximate surface area is 110 Å². The molecule has 1 fully saturated rings. The molecule has 2 aliphatic heterocycles. The lowest BCUT2D eigenvalue weighted by molar-refractivity contribution is 0.265. The maximum absolute atomic E-state index is 3.53. The van der Waals surface area contributed by atoms with Crippen molar-refractivity contribution in [2.45, 2.75) is 12.3 Å². The van der Waals surface area contributed by atoms with Gasteiger partial charge in [0.1, 0.15) is 0 Å². The highest BCUT2D eigenvalue weighted by molar-refractivity contribution is 5.57. The molecule has 0 amide bonds. The van der Waals surface area contributed by atoms with E-state index in [9.17, 15) is 0 Å². The number of hydrogen-bond acceptors (Lipinski definition) is 3. The number of benzene rings is 1. The molecule has 3 rings (SSSR count). The highest BCUT2D eigenvalue weighted by Gasteiger charge is 2.24. The zero-order valence-electron chi connectivity index (χ0n) is 11.2. The van der Waals surface area contributed by atoms with Gasteiger partial charge in [-0.05, 0) is 38.2 Å². The van der Waals surface area contributed by atoms with Gasteiger partial charge in [0.05, 0.1) is 0 Å². The summed E-state index contributed by atoms with van der Waals surface area (Å²) in [5, 5.41) is 3.53. The first-order valence-electron chi connectivity index (χ1n) is 7.06. The second-order valence-corrected chi connectivity index (χ2v) is 5.62. The van der Waals surface area contributed by atoms with Crippen LogP contribution in [0.25, 0.3) is 0 Å². The van der Waals surface area contributed by atoms with Crippen molar-refractivity contribution in [1.29, 1.82) is 0 Å². The van der Waals surface area contributed by atoms with Crippen molar-refractivity contribution in [2.75, 3.05) is 51.6 Å². The van der Waals surface area contributed by atoms with Crippen LogP contribution in [0.4, 0.5) is 5.69 Å². The Balaban J connectivity index is 1.64. The van der Waals surface area contributed by atoms with Gasteiger partial charge in [-0.25, -0.2) is 0 Å². The largest absolute Gasteiger partial charge is 0.384 e. The summed E-state index contributed by atoms with van der Waals surface area (Å²) in [4.78, 5) is 5.08. The molecule has 0 aromatic heterocycles. The molecule has 3 nitrogen and oxygen atoms in total. The molecule has 1 unspecified atom stereocenters. The van der Waals surface area contributed by atoms with Crippen LogP contribution in [0.5, 0.6) is 0 Å². The van der Waals surface area contributed by atoms with Crippen LogP contribution in [-0.2, 0) is 0 Å². The fraction of sp³-hybridized carbons (Fsp3) is 0.600. The second-order valence-electron chi connectivity index (χ2n) is 5.62. The summed E-state index contributed by atoms with van der Waals surface area (Å²) in [6.45, 7) is 7.24. The van der Waals surface area contributed by atoms with Crippen molar-refractivity contribution in [3.05, 3.63) is 29.8 Å². The molecule has 1 aromatic carbocycles. The zero-order chi connectivity index (χ0) is 12.4. The molecule has 2 heterocycles. The number of nitrogens with zero attached hydrogens (tertiary/aromatic N) is 2. The molecule has 0 radical (unpaired) electrons. The minimum Gasteiger partial charge on any atom is -0.384 e. The van der Waals surface area contributed by atoms with Crippen molar-refractivity contribution >= 4 is 5.69 Å². The van der Waals surface area contributed by atoms with E-state index in [1.807, 2.05) is 0 Å². The van der Waals surface area contributed by atoms with Gasteiger partial charge in [0, 0.05) is 37.8 Å². The summed E-state index contributed by atoms with van der Waals surface area (Å²) in [6, 6.07) is 8.76. The van der Waals surface area contributed by atoms with E-state index in [1.54, 1.807) is 0 Å². The molecule has 1 N–H and O–H groups in total. The minimum absolute atomic E-state index is 0.671. The van der Waals surface area contributed by atoms with E-state index in [-0.39, 0.29) is 0 Å². The van der Waals surface area contributed by atoms with Crippen molar-refractivity contribution in [3.63, 3.8) is 0 Å². The predicted octanol–water partition coefficient (Wildman–Crippen LogP) is 1.83. The topological polar surface area (TPSA) is 18.5 Å². The van der Waals surface area contributed by atoms with Gasteiger partial charge in [0.15, 0.2) is 0 Å². The third-order valence-corrected chi connectivity index (χ3v) is 4.23. The van der Waals surface area contributed by atoms with Crippen LogP contribution in [0.15, 0.2) is 24.3 Å². The van der Waals surface area contributed by atoms with Gasteiger partial charge in [0.2, 0.25) is 0 Å². The molecule has 0 saturated carbocycles. The Hall–Kier alpha value is -1.06. The van der Waals surface area contributed by atoms with E-state index in [0.717, 1.165) is 6.54 Å². The summed E-state index contributed by atoms with van der Waals surface area (Å²) < 4.78 is 0. The summed E-state index contributed by atoms with van der Waals surface area (Å²) in [7, 11) is 2.23. The number of hydrogen-bond donors (Lipinski definition) is 1.